The zero-order valence-electron chi connectivity index (χ0n) is 21.9. The summed E-state index contributed by atoms with van der Waals surface area (Å²) in [5.74, 6) is 1.51. The predicted octanol–water partition coefficient (Wildman–Crippen LogP) is 8.15. The van der Waals surface area contributed by atoms with E-state index >= 15 is 0 Å². The standard InChI is InChI=1S/C34H26ClN3O3/c35-30-31(37-28-20-10-9-19-27(28)34(39)38-29-21-11-12-22-36-29)33(41-24-15-5-2-6-16-24)26-18-8-7-17-25(26)32(30)40-23-13-3-1-4-14-23/h1-22,32-33,37H,(H,36,38,39). The largest absolute Gasteiger partial charge is 0.480 e. The van der Waals surface area contributed by atoms with E-state index in [0.29, 0.717) is 39.3 Å². The van der Waals surface area contributed by atoms with Crippen molar-refractivity contribution < 1.29 is 14.3 Å². The minimum absolute atomic E-state index is 0.308. The molecule has 1 amide bonds. The molecule has 2 atom stereocenters. The Kier molecular flexibility index (Phi) is 7.65. The van der Waals surface area contributed by atoms with Gasteiger partial charge in [0.2, 0.25) is 0 Å². The molecule has 41 heavy (non-hydrogen) atoms. The number of nitrogens with zero attached hydrogens (tertiary/aromatic N) is 1. The number of halogens is 1. The zero-order chi connectivity index (χ0) is 28.0. The fourth-order valence-electron chi connectivity index (χ4n) is 4.74. The van der Waals surface area contributed by atoms with Gasteiger partial charge in [0, 0.05) is 17.3 Å². The van der Waals surface area contributed by atoms with Gasteiger partial charge in [0.1, 0.15) is 17.3 Å². The molecule has 0 spiro atoms. The molecule has 6 rings (SSSR count). The van der Waals surface area contributed by atoms with E-state index in [1.807, 2.05) is 109 Å². The number of rotatable bonds is 8. The number of aromatic nitrogens is 1. The van der Waals surface area contributed by atoms with E-state index in [1.165, 1.54) is 0 Å². The number of benzene rings is 4. The van der Waals surface area contributed by atoms with Crippen LogP contribution in [0.2, 0.25) is 0 Å². The molecule has 0 bridgehead atoms. The maximum atomic E-state index is 13.3. The van der Waals surface area contributed by atoms with E-state index in [1.54, 1.807) is 24.4 Å². The number of hydrogen-bond donors (Lipinski definition) is 2. The van der Waals surface area contributed by atoms with Gasteiger partial charge in [-0.3, -0.25) is 4.79 Å². The first-order chi connectivity index (χ1) is 20.2. The molecule has 0 radical (unpaired) electrons. The Morgan fingerprint density at radius 2 is 1.22 bits per heavy atom. The molecule has 0 fully saturated rings. The number of amides is 1. The molecular weight excluding hydrogens is 534 g/mol. The van der Waals surface area contributed by atoms with E-state index < -0.39 is 12.2 Å². The smallest absolute Gasteiger partial charge is 0.258 e. The first-order valence-corrected chi connectivity index (χ1v) is 13.6. The molecule has 2 N–H and O–H groups in total. The van der Waals surface area contributed by atoms with Crippen LogP contribution in [0.1, 0.15) is 33.7 Å². The topological polar surface area (TPSA) is 72.5 Å². The lowest BCUT2D eigenvalue weighted by Gasteiger charge is -2.35. The van der Waals surface area contributed by atoms with Gasteiger partial charge in [0.15, 0.2) is 12.2 Å². The van der Waals surface area contributed by atoms with Crippen molar-refractivity contribution in [2.24, 2.45) is 0 Å². The van der Waals surface area contributed by atoms with Gasteiger partial charge < -0.3 is 20.1 Å². The third-order valence-electron chi connectivity index (χ3n) is 6.65. The molecule has 1 aliphatic carbocycles. The minimum atomic E-state index is -0.595. The van der Waals surface area contributed by atoms with Gasteiger partial charge in [-0.05, 0) is 48.5 Å². The van der Waals surface area contributed by atoms with Crippen LogP contribution in [0.25, 0.3) is 0 Å². The maximum Gasteiger partial charge on any atom is 0.258 e. The van der Waals surface area contributed by atoms with Crippen LogP contribution in [0.5, 0.6) is 11.5 Å². The number of anilines is 2. The first kappa shape index (κ1) is 26.2. The number of fused-ring (bicyclic) bond motifs is 1. The molecule has 6 nitrogen and oxygen atoms in total. The van der Waals surface area contributed by atoms with Crippen LogP contribution in [-0.2, 0) is 0 Å². The van der Waals surface area contributed by atoms with Gasteiger partial charge in [0.05, 0.1) is 22.0 Å². The Labute approximate surface area is 243 Å². The summed E-state index contributed by atoms with van der Waals surface area (Å²) >= 11 is 7.20. The van der Waals surface area contributed by atoms with Crippen molar-refractivity contribution in [3.8, 4) is 11.5 Å². The molecule has 1 aromatic heterocycles. The van der Waals surface area contributed by atoms with Crippen molar-refractivity contribution in [3.63, 3.8) is 0 Å². The highest BCUT2D eigenvalue weighted by atomic mass is 35.5. The summed E-state index contributed by atoms with van der Waals surface area (Å²) < 4.78 is 13.0. The second-order valence-corrected chi connectivity index (χ2v) is 9.76. The normalized spacial score (nSPS) is 15.9. The lowest BCUT2D eigenvalue weighted by Crippen LogP contribution is -2.28. The summed E-state index contributed by atoms with van der Waals surface area (Å²) in [5.41, 5.74) is 3.36. The Hall–Kier alpha value is -5.07. The van der Waals surface area contributed by atoms with Gasteiger partial charge in [-0.15, -0.1) is 0 Å². The van der Waals surface area contributed by atoms with Crippen molar-refractivity contribution >= 4 is 29.0 Å². The zero-order valence-corrected chi connectivity index (χ0v) is 22.7. The quantitative estimate of drug-likeness (QED) is 0.201. The third kappa shape index (κ3) is 5.78. The SMILES string of the molecule is O=C(Nc1ccccn1)c1ccccc1NC1=C(Cl)C(Oc2ccccc2)c2ccccc2C1Oc1ccccc1. The molecular formula is C34H26ClN3O3. The Balaban J connectivity index is 1.42. The van der Waals surface area contributed by atoms with Crippen molar-refractivity contribution in [1.29, 1.82) is 0 Å². The van der Waals surface area contributed by atoms with Crippen molar-refractivity contribution in [1.82, 2.24) is 4.98 Å². The first-order valence-electron chi connectivity index (χ1n) is 13.2. The molecule has 1 aliphatic rings. The van der Waals surface area contributed by atoms with E-state index in [2.05, 4.69) is 15.6 Å². The fraction of sp³-hybridized carbons (Fsp3) is 0.0588. The summed E-state index contributed by atoms with van der Waals surface area (Å²) in [6.07, 6.45) is 0.439. The van der Waals surface area contributed by atoms with Gasteiger partial charge in [0.25, 0.3) is 5.91 Å². The van der Waals surface area contributed by atoms with E-state index in [0.717, 1.165) is 11.1 Å². The predicted molar refractivity (Wildman–Crippen MR) is 161 cm³/mol. The number of nitrogens with one attached hydrogen (secondary N) is 2. The van der Waals surface area contributed by atoms with Crippen molar-refractivity contribution in [3.05, 3.63) is 161 Å². The van der Waals surface area contributed by atoms with Crippen LogP contribution in [0, 0.1) is 0 Å². The van der Waals surface area contributed by atoms with Crippen LogP contribution < -0.4 is 20.1 Å². The lowest BCUT2D eigenvalue weighted by atomic mass is 9.89. The van der Waals surface area contributed by atoms with Crippen LogP contribution >= 0.6 is 11.6 Å². The monoisotopic (exact) mass is 559 g/mol. The highest BCUT2D eigenvalue weighted by molar-refractivity contribution is 6.31. The Bertz CT molecular complexity index is 1680. The fourth-order valence-corrected chi connectivity index (χ4v) is 5.04. The molecule has 0 aliphatic heterocycles. The highest BCUT2D eigenvalue weighted by Crippen LogP contribution is 2.46. The third-order valence-corrected chi connectivity index (χ3v) is 7.05. The average molecular weight is 560 g/mol. The van der Waals surface area contributed by atoms with Crippen LogP contribution in [-0.4, -0.2) is 10.9 Å². The second-order valence-electron chi connectivity index (χ2n) is 9.35. The van der Waals surface area contributed by atoms with E-state index in [9.17, 15) is 4.79 Å². The van der Waals surface area contributed by atoms with Crippen LogP contribution in [0.15, 0.2) is 144 Å². The number of carbonyl (C=O) groups is 1. The highest BCUT2D eigenvalue weighted by Gasteiger charge is 2.37. The lowest BCUT2D eigenvalue weighted by molar-refractivity contribution is 0.102. The summed E-state index contributed by atoms with van der Waals surface area (Å²) in [6, 6.07) is 39.6. The van der Waals surface area contributed by atoms with E-state index in [-0.39, 0.29) is 5.91 Å². The summed E-state index contributed by atoms with van der Waals surface area (Å²) in [4.78, 5) is 17.6. The van der Waals surface area contributed by atoms with Crippen LogP contribution in [0.3, 0.4) is 0 Å². The number of para-hydroxylation sites is 3. The molecule has 1 heterocycles. The number of pyridine rings is 1. The van der Waals surface area contributed by atoms with Gasteiger partial charge in [-0.25, -0.2) is 4.98 Å². The summed E-state index contributed by atoms with van der Waals surface area (Å²) in [5, 5.41) is 6.74. The molecule has 7 heteroatoms. The molecule has 202 valence electrons. The number of carbonyl (C=O) groups excluding carboxylic acids is 1. The summed E-state index contributed by atoms with van der Waals surface area (Å²) in [7, 11) is 0. The number of hydrogen-bond acceptors (Lipinski definition) is 5. The molecule has 4 aromatic carbocycles. The van der Waals surface area contributed by atoms with Gasteiger partial charge in [-0.2, -0.15) is 0 Å². The molecule has 2 unspecified atom stereocenters. The Morgan fingerprint density at radius 3 is 1.88 bits per heavy atom. The average Bonchev–Trinajstić information content (AvgIpc) is 3.02. The number of ether oxygens (including phenoxy) is 2. The molecule has 5 aromatic rings. The minimum Gasteiger partial charge on any atom is -0.480 e. The second kappa shape index (κ2) is 12.0. The van der Waals surface area contributed by atoms with Gasteiger partial charge in [-0.1, -0.05) is 90.5 Å². The maximum absolute atomic E-state index is 13.3. The van der Waals surface area contributed by atoms with Gasteiger partial charge >= 0.3 is 0 Å². The summed E-state index contributed by atoms with van der Waals surface area (Å²) in [6.45, 7) is 0. The molecule has 0 saturated heterocycles. The van der Waals surface area contributed by atoms with E-state index in [4.69, 9.17) is 21.1 Å². The van der Waals surface area contributed by atoms with Crippen LogP contribution in [0.4, 0.5) is 11.5 Å². The Morgan fingerprint density at radius 1 is 0.659 bits per heavy atom. The molecule has 0 saturated carbocycles. The van der Waals surface area contributed by atoms with Crippen molar-refractivity contribution in [2.75, 3.05) is 10.6 Å². The van der Waals surface area contributed by atoms with Crippen molar-refractivity contribution in [2.45, 2.75) is 12.2 Å².